The van der Waals surface area contributed by atoms with Crippen LogP contribution in [0.3, 0.4) is 0 Å². The third-order valence-electron chi connectivity index (χ3n) is 3.17. The topological polar surface area (TPSA) is 59.8 Å². The number of thiazole rings is 1. The minimum Gasteiger partial charge on any atom is -0.310 e. The van der Waals surface area contributed by atoms with Gasteiger partial charge in [-0.2, -0.15) is 5.10 Å². The smallest absolute Gasteiger partial charge is 0.238 e. The lowest BCUT2D eigenvalue weighted by Crippen LogP contribution is -2.24. The molecule has 2 atom stereocenters. The highest BCUT2D eigenvalue weighted by molar-refractivity contribution is 8.02. The van der Waals surface area contributed by atoms with E-state index >= 15 is 0 Å². The van der Waals surface area contributed by atoms with E-state index in [1.807, 2.05) is 30.0 Å². The van der Waals surface area contributed by atoms with Crippen LogP contribution in [0.4, 0.5) is 5.82 Å². The molecule has 2 aromatic rings. The fourth-order valence-corrected chi connectivity index (χ4v) is 3.74. The number of hydrogen-bond acceptors (Lipinski definition) is 5. The maximum absolute atomic E-state index is 12.3. The maximum Gasteiger partial charge on any atom is 0.238 e. The molecule has 2 rings (SSSR count). The maximum atomic E-state index is 12.3. The number of carbonyl (C=O) groups is 1. The molecular weight excluding hydrogens is 304 g/mol. The largest absolute Gasteiger partial charge is 0.310 e. The first-order valence-electron chi connectivity index (χ1n) is 6.94. The van der Waals surface area contributed by atoms with Gasteiger partial charge in [-0.3, -0.25) is 4.79 Å². The Morgan fingerprint density at radius 2 is 2.29 bits per heavy atom. The SMILES string of the molecule is CC[C@@H](C)n1nccc1NC(=O)[C@H](C)Sc1nc(C)cs1. The zero-order valence-electron chi connectivity index (χ0n) is 12.7. The van der Waals surface area contributed by atoms with Crippen molar-refractivity contribution >= 4 is 34.8 Å². The Balaban J connectivity index is 1.99. The van der Waals surface area contributed by atoms with E-state index in [-0.39, 0.29) is 17.2 Å². The van der Waals surface area contributed by atoms with Crippen molar-refractivity contribution in [3.8, 4) is 0 Å². The molecule has 0 aliphatic carbocycles. The van der Waals surface area contributed by atoms with Gasteiger partial charge in [0.2, 0.25) is 5.91 Å². The normalized spacial score (nSPS) is 13.9. The molecule has 0 radical (unpaired) electrons. The summed E-state index contributed by atoms with van der Waals surface area (Å²) in [6.45, 7) is 8.02. The van der Waals surface area contributed by atoms with Crippen LogP contribution in [0.2, 0.25) is 0 Å². The first-order chi connectivity index (χ1) is 10.0. The molecule has 1 amide bonds. The second-order valence-corrected chi connectivity index (χ2v) is 7.37. The van der Waals surface area contributed by atoms with Gasteiger partial charge in [0.15, 0.2) is 4.34 Å². The number of aromatic nitrogens is 3. The first kappa shape index (κ1) is 16.0. The molecule has 7 heteroatoms. The van der Waals surface area contributed by atoms with Crippen molar-refractivity contribution in [1.82, 2.24) is 14.8 Å². The molecule has 0 unspecified atom stereocenters. The predicted molar refractivity (Wildman–Crippen MR) is 88.0 cm³/mol. The fraction of sp³-hybridized carbons (Fsp3) is 0.500. The number of thioether (sulfide) groups is 1. The molecule has 5 nitrogen and oxygen atoms in total. The highest BCUT2D eigenvalue weighted by Crippen LogP contribution is 2.27. The van der Waals surface area contributed by atoms with Crippen molar-refractivity contribution in [2.75, 3.05) is 5.32 Å². The Morgan fingerprint density at radius 3 is 2.90 bits per heavy atom. The van der Waals surface area contributed by atoms with Crippen molar-refractivity contribution in [2.45, 2.75) is 49.7 Å². The van der Waals surface area contributed by atoms with Gasteiger partial charge in [-0.05, 0) is 27.2 Å². The molecule has 114 valence electrons. The molecule has 21 heavy (non-hydrogen) atoms. The Morgan fingerprint density at radius 1 is 1.52 bits per heavy atom. The summed E-state index contributed by atoms with van der Waals surface area (Å²) in [6.07, 6.45) is 2.68. The van der Waals surface area contributed by atoms with Crippen molar-refractivity contribution in [2.24, 2.45) is 0 Å². The number of aryl methyl sites for hydroxylation is 1. The van der Waals surface area contributed by atoms with Gasteiger partial charge < -0.3 is 5.32 Å². The average Bonchev–Trinajstić information content (AvgIpc) is 3.07. The molecule has 1 N–H and O–H groups in total. The van der Waals surface area contributed by atoms with Gasteiger partial charge in [-0.1, -0.05) is 18.7 Å². The van der Waals surface area contributed by atoms with Crippen molar-refractivity contribution < 1.29 is 4.79 Å². The van der Waals surface area contributed by atoms with Crippen LogP contribution in [0.15, 0.2) is 22.0 Å². The van der Waals surface area contributed by atoms with E-state index in [1.165, 1.54) is 11.8 Å². The minimum atomic E-state index is -0.198. The van der Waals surface area contributed by atoms with Crippen LogP contribution >= 0.6 is 23.1 Å². The number of rotatable bonds is 6. The molecule has 0 fully saturated rings. The third-order valence-corrected chi connectivity index (χ3v) is 5.36. The van der Waals surface area contributed by atoms with Crippen molar-refractivity contribution in [3.63, 3.8) is 0 Å². The van der Waals surface area contributed by atoms with E-state index in [0.717, 1.165) is 22.3 Å². The second-order valence-electron chi connectivity index (χ2n) is 4.92. The van der Waals surface area contributed by atoms with Crippen LogP contribution in [-0.2, 0) is 4.79 Å². The molecule has 0 spiro atoms. The predicted octanol–water partition coefficient (Wildman–Crippen LogP) is 3.74. The second kappa shape index (κ2) is 7.09. The van der Waals surface area contributed by atoms with Gasteiger partial charge in [0.25, 0.3) is 0 Å². The Hall–Kier alpha value is -1.34. The van der Waals surface area contributed by atoms with E-state index in [0.29, 0.717) is 0 Å². The van der Waals surface area contributed by atoms with Gasteiger partial charge in [-0.25, -0.2) is 9.67 Å². The third kappa shape index (κ3) is 4.07. The molecule has 0 aliphatic rings. The number of hydrogen-bond donors (Lipinski definition) is 1. The molecule has 0 bridgehead atoms. The first-order valence-corrected chi connectivity index (χ1v) is 8.70. The zero-order chi connectivity index (χ0) is 15.4. The molecular formula is C14H20N4OS2. The highest BCUT2D eigenvalue weighted by atomic mass is 32.2. The summed E-state index contributed by atoms with van der Waals surface area (Å²) in [4.78, 5) is 16.7. The fourth-order valence-electron chi connectivity index (χ4n) is 1.76. The summed E-state index contributed by atoms with van der Waals surface area (Å²) in [7, 11) is 0. The van der Waals surface area contributed by atoms with Gasteiger partial charge in [0.1, 0.15) is 5.82 Å². The summed E-state index contributed by atoms with van der Waals surface area (Å²) in [5.41, 5.74) is 0.991. The van der Waals surface area contributed by atoms with Gasteiger partial charge >= 0.3 is 0 Å². The summed E-state index contributed by atoms with van der Waals surface area (Å²) < 4.78 is 2.77. The number of nitrogens with one attached hydrogen (secondary N) is 1. The minimum absolute atomic E-state index is 0.0297. The van der Waals surface area contributed by atoms with Crippen molar-refractivity contribution in [1.29, 1.82) is 0 Å². The molecule has 2 heterocycles. The van der Waals surface area contributed by atoms with Crippen molar-refractivity contribution in [3.05, 3.63) is 23.3 Å². The van der Waals surface area contributed by atoms with E-state index in [2.05, 4.69) is 29.2 Å². The quantitative estimate of drug-likeness (QED) is 0.822. The van der Waals surface area contributed by atoms with E-state index in [1.54, 1.807) is 17.5 Å². The van der Waals surface area contributed by atoms with Crippen LogP contribution in [0.1, 0.15) is 38.9 Å². The summed E-state index contributed by atoms with van der Waals surface area (Å²) in [6, 6.07) is 2.09. The Labute approximate surface area is 133 Å². The monoisotopic (exact) mass is 324 g/mol. The lowest BCUT2D eigenvalue weighted by Gasteiger charge is -2.15. The number of amides is 1. The van der Waals surface area contributed by atoms with Gasteiger partial charge in [-0.15, -0.1) is 11.3 Å². The Kier molecular flexibility index (Phi) is 5.41. The Bertz CT molecular complexity index is 608. The highest BCUT2D eigenvalue weighted by Gasteiger charge is 2.18. The van der Waals surface area contributed by atoms with Crippen LogP contribution in [0, 0.1) is 6.92 Å². The lowest BCUT2D eigenvalue weighted by atomic mass is 10.3. The van der Waals surface area contributed by atoms with Gasteiger partial charge in [0.05, 0.1) is 17.5 Å². The number of carbonyl (C=O) groups excluding carboxylic acids is 1. The zero-order valence-corrected chi connectivity index (χ0v) is 14.3. The summed E-state index contributed by atoms with van der Waals surface area (Å²) in [5, 5.41) is 9.01. The van der Waals surface area contributed by atoms with E-state index in [9.17, 15) is 4.79 Å². The van der Waals surface area contributed by atoms with Crippen LogP contribution < -0.4 is 5.32 Å². The summed E-state index contributed by atoms with van der Waals surface area (Å²) in [5.74, 6) is 0.718. The van der Waals surface area contributed by atoms with E-state index < -0.39 is 0 Å². The molecule has 0 saturated carbocycles. The molecule has 0 saturated heterocycles. The van der Waals surface area contributed by atoms with Crippen LogP contribution in [0.5, 0.6) is 0 Å². The van der Waals surface area contributed by atoms with Crippen LogP contribution in [0.25, 0.3) is 0 Å². The number of nitrogens with zero attached hydrogens (tertiary/aromatic N) is 3. The molecule has 0 aliphatic heterocycles. The van der Waals surface area contributed by atoms with Gasteiger partial charge in [0, 0.05) is 17.1 Å². The number of anilines is 1. The van der Waals surface area contributed by atoms with E-state index in [4.69, 9.17) is 0 Å². The van der Waals surface area contributed by atoms with Crippen LogP contribution in [-0.4, -0.2) is 25.9 Å². The summed E-state index contributed by atoms with van der Waals surface area (Å²) >= 11 is 3.05. The molecule has 0 aromatic carbocycles. The molecule has 2 aromatic heterocycles. The average molecular weight is 324 g/mol. The standard InChI is InChI=1S/C14H20N4OS2/c1-5-10(3)18-12(6-7-15-18)17-13(19)11(4)21-14-16-9(2)8-20-14/h6-8,10-11H,5H2,1-4H3,(H,17,19)/t10-,11+/m1/s1. The lowest BCUT2D eigenvalue weighted by molar-refractivity contribution is -0.115.